The first-order valence-electron chi connectivity index (χ1n) is 10.5. The minimum atomic E-state index is 0.0837. The maximum atomic E-state index is 13.4. The second-order valence-corrected chi connectivity index (χ2v) is 8.45. The number of carbonyl (C=O) groups is 2. The van der Waals surface area contributed by atoms with Crippen LogP contribution in [0, 0.1) is 5.41 Å². The van der Waals surface area contributed by atoms with Crippen molar-refractivity contribution < 1.29 is 9.59 Å². The van der Waals surface area contributed by atoms with Gasteiger partial charge in [-0.3, -0.25) is 9.59 Å². The van der Waals surface area contributed by atoms with Crippen LogP contribution in [0.5, 0.6) is 0 Å². The number of piperidine rings is 2. The number of para-hydroxylation sites is 1. The standard InChI is InChI=1S/C22H31N3O2/c1-2-23-16-22(12-10-20(23)26)11-7-15-25(17-22)21(27)18-8-3-4-9-19(18)24-13-5-6-14-24/h3-4,8-9H,2,5-7,10-17H2,1H3. The number of benzene rings is 1. The molecule has 1 unspecified atom stereocenters. The van der Waals surface area contributed by atoms with Gasteiger partial charge in [0, 0.05) is 56.8 Å². The van der Waals surface area contributed by atoms with E-state index in [1.165, 1.54) is 12.8 Å². The molecule has 1 atom stereocenters. The molecule has 5 heteroatoms. The van der Waals surface area contributed by atoms with Crippen LogP contribution in [0.15, 0.2) is 24.3 Å². The van der Waals surface area contributed by atoms with E-state index < -0.39 is 0 Å². The smallest absolute Gasteiger partial charge is 0.255 e. The van der Waals surface area contributed by atoms with E-state index in [0.29, 0.717) is 6.42 Å². The van der Waals surface area contributed by atoms with E-state index >= 15 is 0 Å². The van der Waals surface area contributed by atoms with Crippen molar-refractivity contribution in [2.24, 2.45) is 5.41 Å². The van der Waals surface area contributed by atoms with Gasteiger partial charge in [0.25, 0.3) is 5.91 Å². The Morgan fingerprint density at radius 3 is 2.59 bits per heavy atom. The molecule has 0 saturated carbocycles. The summed E-state index contributed by atoms with van der Waals surface area (Å²) in [7, 11) is 0. The van der Waals surface area contributed by atoms with E-state index in [1.807, 2.05) is 23.1 Å². The Kier molecular flexibility index (Phi) is 5.11. The highest BCUT2D eigenvalue weighted by Gasteiger charge is 2.42. The average Bonchev–Trinajstić information content (AvgIpc) is 3.24. The highest BCUT2D eigenvalue weighted by Crippen LogP contribution is 2.39. The van der Waals surface area contributed by atoms with Gasteiger partial charge in [0.15, 0.2) is 0 Å². The molecule has 5 nitrogen and oxygen atoms in total. The fraction of sp³-hybridized carbons (Fsp3) is 0.636. The zero-order valence-electron chi connectivity index (χ0n) is 16.5. The van der Waals surface area contributed by atoms with E-state index in [-0.39, 0.29) is 17.2 Å². The number of likely N-dealkylation sites (tertiary alicyclic amines) is 2. The van der Waals surface area contributed by atoms with Crippen LogP contribution in [0.25, 0.3) is 0 Å². The van der Waals surface area contributed by atoms with Crippen LogP contribution >= 0.6 is 0 Å². The van der Waals surface area contributed by atoms with Gasteiger partial charge in [-0.25, -0.2) is 0 Å². The maximum absolute atomic E-state index is 13.4. The van der Waals surface area contributed by atoms with Gasteiger partial charge in [-0.15, -0.1) is 0 Å². The Bertz CT molecular complexity index is 713. The second-order valence-electron chi connectivity index (χ2n) is 8.45. The number of amides is 2. The van der Waals surface area contributed by atoms with E-state index in [2.05, 4.69) is 22.8 Å². The van der Waals surface area contributed by atoms with Crippen LogP contribution in [-0.2, 0) is 4.79 Å². The summed E-state index contributed by atoms with van der Waals surface area (Å²) in [6.45, 7) is 7.32. The van der Waals surface area contributed by atoms with Crippen LogP contribution in [0.4, 0.5) is 5.69 Å². The van der Waals surface area contributed by atoms with Crippen LogP contribution in [0.1, 0.15) is 55.8 Å². The van der Waals surface area contributed by atoms with Gasteiger partial charge in [-0.2, -0.15) is 0 Å². The van der Waals surface area contributed by atoms with Gasteiger partial charge < -0.3 is 14.7 Å². The first kappa shape index (κ1) is 18.3. The highest BCUT2D eigenvalue weighted by atomic mass is 16.2. The third kappa shape index (κ3) is 3.56. The minimum Gasteiger partial charge on any atom is -0.371 e. The van der Waals surface area contributed by atoms with Crippen molar-refractivity contribution in [3.8, 4) is 0 Å². The highest BCUT2D eigenvalue weighted by molar-refractivity contribution is 6.00. The minimum absolute atomic E-state index is 0.0837. The van der Waals surface area contributed by atoms with Crippen LogP contribution < -0.4 is 4.90 Å². The molecule has 4 rings (SSSR count). The van der Waals surface area contributed by atoms with Gasteiger partial charge in [-0.05, 0) is 51.2 Å². The molecule has 27 heavy (non-hydrogen) atoms. The molecule has 0 N–H and O–H groups in total. The van der Waals surface area contributed by atoms with Gasteiger partial charge in [0.2, 0.25) is 5.91 Å². The SMILES string of the molecule is CCN1CC2(CCCN(C(=O)c3ccccc3N3CCCC3)C2)CCC1=O. The third-order valence-corrected chi connectivity index (χ3v) is 6.66. The lowest BCUT2D eigenvalue weighted by Gasteiger charge is -2.48. The number of nitrogens with zero attached hydrogens (tertiary/aromatic N) is 3. The summed E-state index contributed by atoms with van der Waals surface area (Å²) in [6, 6.07) is 8.09. The van der Waals surface area contributed by atoms with Gasteiger partial charge >= 0.3 is 0 Å². The number of carbonyl (C=O) groups excluding carboxylic acids is 2. The first-order valence-corrected chi connectivity index (χ1v) is 10.5. The molecule has 3 aliphatic rings. The van der Waals surface area contributed by atoms with E-state index in [0.717, 1.165) is 69.8 Å². The molecule has 1 spiro atoms. The van der Waals surface area contributed by atoms with Gasteiger partial charge in [0.05, 0.1) is 5.56 Å². The average molecular weight is 370 g/mol. The fourth-order valence-corrected chi connectivity index (χ4v) is 5.16. The second kappa shape index (κ2) is 7.53. The van der Waals surface area contributed by atoms with Gasteiger partial charge in [0.1, 0.15) is 0 Å². The predicted molar refractivity (Wildman–Crippen MR) is 107 cm³/mol. The van der Waals surface area contributed by atoms with Crippen LogP contribution in [-0.4, -0.2) is 60.9 Å². The fourth-order valence-electron chi connectivity index (χ4n) is 5.16. The number of hydrogen-bond donors (Lipinski definition) is 0. The molecular formula is C22H31N3O2. The molecule has 146 valence electrons. The quantitative estimate of drug-likeness (QED) is 0.822. The number of rotatable bonds is 3. The van der Waals surface area contributed by atoms with Crippen molar-refractivity contribution in [2.45, 2.75) is 45.4 Å². The summed E-state index contributed by atoms with van der Waals surface area (Å²) in [5.41, 5.74) is 2.02. The Labute approximate surface area is 162 Å². The number of anilines is 1. The topological polar surface area (TPSA) is 43.9 Å². The molecular weight excluding hydrogens is 338 g/mol. The molecule has 0 aliphatic carbocycles. The predicted octanol–water partition coefficient (Wildman–Crippen LogP) is 3.15. The number of hydrogen-bond acceptors (Lipinski definition) is 3. The van der Waals surface area contributed by atoms with Crippen LogP contribution in [0.2, 0.25) is 0 Å². The van der Waals surface area contributed by atoms with E-state index in [1.54, 1.807) is 0 Å². The lowest BCUT2D eigenvalue weighted by Crippen LogP contribution is -2.55. The molecule has 0 radical (unpaired) electrons. The summed E-state index contributed by atoms with van der Waals surface area (Å²) < 4.78 is 0. The summed E-state index contributed by atoms with van der Waals surface area (Å²) >= 11 is 0. The summed E-state index contributed by atoms with van der Waals surface area (Å²) in [5, 5.41) is 0. The molecule has 0 bridgehead atoms. The normalized spacial score (nSPS) is 26.1. The molecule has 2 amide bonds. The van der Waals surface area contributed by atoms with E-state index in [4.69, 9.17) is 0 Å². The summed E-state index contributed by atoms with van der Waals surface area (Å²) in [5.74, 6) is 0.433. The molecule has 1 aromatic rings. The Morgan fingerprint density at radius 1 is 1.04 bits per heavy atom. The van der Waals surface area contributed by atoms with Crippen molar-refractivity contribution in [1.29, 1.82) is 0 Å². The lowest BCUT2D eigenvalue weighted by molar-refractivity contribution is -0.138. The van der Waals surface area contributed by atoms with Crippen molar-refractivity contribution in [1.82, 2.24) is 9.80 Å². The Hall–Kier alpha value is -2.04. The zero-order chi connectivity index (χ0) is 18.9. The third-order valence-electron chi connectivity index (χ3n) is 6.66. The monoisotopic (exact) mass is 369 g/mol. The Morgan fingerprint density at radius 2 is 1.81 bits per heavy atom. The Balaban J connectivity index is 1.54. The molecule has 0 aromatic heterocycles. The summed E-state index contributed by atoms with van der Waals surface area (Å²) in [4.78, 5) is 31.9. The molecule has 3 fully saturated rings. The van der Waals surface area contributed by atoms with Crippen molar-refractivity contribution >= 4 is 17.5 Å². The zero-order valence-corrected chi connectivity index (χ0v) is 16.5. The molecule has 3 aliphatic heterocycles. The maximum Gasteiger partial charge on any atom is 0.255 e. The lowest BCUT2D eigenvalue weighted by atomic mass is 9.73. The molecule has 3 saturated heterocycles. The largest absolute Gasteiger partial charge is 0.371 e. The summed E-state index contributed by atoms with van der Waals surface area (Å²) in [6.07, 6.45) is 6.10. The van der Waals surface area contributed by atoms with Crippen molar-refractivity contribution in [3.63, 3.8) is 0 Å². The van der Waals surface area contributed by atoms with E-state index in [9.17, 15) is 9.59 Å². The van der Waals surface area contributed by atoms with Crippen molar-refractivity contribution in [3.05, 3.63) is 29.8 Å². The van der Waals surface area contributed by atoms with Crippen LogP contribution in [0.3, 0.4) is 0 Å². The molecule has 3 heterocycles. The molecule has 1 aromatic carbocycles. The van der Waals surface area contributed by atoms with Gasteiger partial charge in [-0.1, -0.05) is 12.1 Å². The van der Waals surface area contributed by atoms with Crippen molar-refractivity contribution in [2.75, 3.05) is 44.2 Å². The first-order chi connectivity index (χ1) is 13.1.